The van der Waals surface area contributed by atoms with Crippen LogP contribution in [-0.2, 0) is 12.8 Å². The number of anilines is 1. The monoisotopic (exact) mass is 564 g/mol. The molecule has 0 radical (unpaired) electrons. The van der Waals surface area contributed by atoms with Gasteiger partial charge in [0.1, 0.15) is 5.75 Å². The van der Waals surface area contributed by atoms with Crippen LogP contribution in [0.25, 0.3) is 60.0 Å². The number of hydrogen-bond donors (Lipinski definition) is 1. The number of aromatic nitrogens is 1. The lowest BCUT2D eigenvalue weighted by Crippen LogP contribution is -2.09. The van der Waals surface area contributed by atoms with E-state index in [4.69, 9.17) is 4.74 Å². The number of aryl methyl sites for hydroxylation is 1. The molecule has 8 aromatic rings. The van der Waals surface area contributed by atoms with E-state index in [1.165, 1.54) is 71.3 Å². The van der Waals surface area contributed by atoms with Crippen LogP contribution in [0.5, 0.6) is 5.75 Å². The third kappa shape index (κ3) is 3.32. The van der Waals surface area contributed by atoms with Gasteiger partial charge in [0.2, 0.25) is 0 Å². The van der Waals surface area contributed by atoms with Gasteiger partial charge in [-0.2, -0.15) is 0 Å². The van der Waals surface area contributed by atoms with Gasteiger partial charge in [-0.05, 0) is 75.2 Å². The highest BCUT2D eigenvalue weighted by atomic mass is 16.5. The van der Waals surface area contributed by atoms with Gasteiger partial charge in [0.05, 0.1) is 11.2 Å². The zero-order valence-electron chi connectivity index (χ0n) is 24.0. The average molecular weight is 565 g/mol. The Balaban J connectivity index is 1.20. The van der Waals surface area contributed by atoms with Crippen molar-refractivity contribution in [3.05, 3.63) is 150 Å². The summed E-state index contributed by atoms with van der Waals surface area (Å²) in [6, 6.07) is 48.5. The summed E-state index contributed by atoms with van der Waals surface area (Å²) in [7, 11) is 0. The van der Waals surface area contributed by atoms with Crippen LogP contribution in [0.3, 0.4) is 0 Å². The van der Waals surface area contributed by atoms with Crippen LogP contribution in [0, 0.1) is 0 Å². The van der Waals surface area contributed by atoms with E-state index < -0.39 is 0 Å². The van der Waals surface area contributed by atoms with Crippen molar-refractivity contribution >= 4 is 48.9 Å². The Labute approximate surface area is 254 Å². The number of nitrogens with zero attached hydrogens (tertiary/aromatic N) is 1. The fraction of sp³-hybridized carbons (Fsp3) is 0.0732. The standard InChI is InChI=1S/C41H28N2O/c1-2-10-28(11-3-1)41-42-40-36(44-41)23-18-27-14-15-29-24-30(19-20-33(29)37(27)40)43-34-21-16-25-8-4-6-12-31(25)38(34)39-32-13-7-5-9-26(32)17-22-35(39)43/h1-16,18-21,23-24,41-42H,17,22H2. The first kappa shape index (κ1) is 24.0. The smallest absolute Gasteiger partial charge is 0.196 e. The van der Waals surface area contributed by atoms with Gasteiger partial charge >= 0.3 is 0 Å². The lowest BCUT2D eigenvalue weighted by Gasteiger charge is -2.20. The Morgan fingerprint density at radius 1 is 0.614 bits per heavy atom. The Hall–Kier alpha value is -5.54. The van der Waals surface area contributed by atoms with E-state index in [1.807, 2.05) is 6.07 Å². The molecule has 3 heteroatoms. The third-order valence-electron chi connectivity index (χ3n) is 9.70. The summed E-state index contributed by atoms with van der Waals surface area (Å²) in [4.78, 5) is 0. The van der Waals surface area contributed by atoms with Gasteiger partial charge in [-0.3, -0.25) is 0 Å². The molecule has 0 spiro atoms. The summed E-state index contributed by atoms with van der Waals surface area (Å²) in [6.45, 7) is 0. The molecule has 1 atom stereocenters. The minimum atomic E-state index is -0.193. The van der Waals surface area contributed by atoms with E-state index in [2.05, 4.69) is 137 Å². The number of nitrogens with one attached hydrogen (secondary N) is 1. The second-order valence-corrected chi connectivity index (χ2v) is 12.1. The maximum absolute atomic E-state index is 6.39. The maximum Gasteiger partial charge on any atom is 0.196 e. The Bertz CT molecular complexity index is 2450. The molecule has 10 rings (SSSR count). The molecule has 208 valence electrons. The van der Waals surface area contributed by atoms with Crippen LogP contribution in [0.15, 0.2) is 133 Å². The molecular weight excluding hydrogens is 536 g/mol. The molecular formula is C41H28N2O. The fourth-order valence-corrected chi connectivity index (χ4v) is 7.74. The summed E-state index contributed by atoms with van der Waals surface area (Å²) in [5.74, 6) is 0.902. The molecule has 1 unspecified atom stereocenters. The lowest BCUT2D eigenvalue weighted by atomic mass is 9.87. The molecule has 0 amide bonds. The highest BCUT2D eigenvalue weighted by Crippen LogP contribution is 2.47. The van der Waals surface area contributed by atoms with Crippen molar-refractivity contribution in [3.8, 4) is 22.6 Å². The normalized spacial score (nSPS) is 15.2. The van der Waals surface area contributed by atoms with Crippen LogP contribution in [0.1, 0.15) is 23.0 Å². The van der Waals surface area contributed by atoms with E-state index in [0.29, 0.717) is 0 Å². The predicted molar refractivity (Wildman–Crippen MR) is 182 cm³/mol. The van der Waals surface area contributed by atoms with Gasteiger partial charge in [0.15, 0.2) is 6.23 Å². The maximum atomic E-state index is 6.39. The minimum Gasteiger partial charge on any atom is -0.464 e. The van der Waals surface area contributed by atoms with Crippen molar-refractivity contribution in [2.45, 2.75) is 19.1 Å². The molecule has 2 heterocycles. The molecule has 2 aliphatic rings. The van der Waals surface area contributed by atoms with Gasteiger partial charge < -0.3 is 14.6 Å². The molecule has 44 heavy (non-hydrogen) atoms. The van der Waals surface area contributed by atoms with Crippen LogP contribution in [-0.4, -0.2) is 4.57 Å². The summed E-state index contributed by atoms with van der Waals surface area (Å²) in [5, 5.41) is 12.5. The topological polar surface area (TPSA) is 26.2 Å². The predicted octanol–water partition coefficient (Wildman–Crippen LogP) is 10.4. The molecule has 7 aromatic carbocycles. The van der Waals surface area contributed by atoms with E-state index in [9.17, 15) is 0 Å². The Morgan fingerprint density at radius 2 is 1.39 bits per heavy atom. The van der Waals surface area contributed by atoms with Crippen molar-refractivity contribution in [1.82, 2.24) is 4.57 Å². The number of hydrogen-bond acceptors (Lipinski definition) is 2. The zero-order chi connectivity index (χ0) is 28.8. The van der Waals surface area contributed by atoms with Crippen molar-refractivity contribution < 1.29 is 4.74 Å². The molecule has 1 N–H and O–H groups in total. The highest BCUT2D eigenvalue weighted by Gasteiger charge is 2.28. The lowest BCUT2D eigenvalue weighted by molar-refractivity contribution is 0.260. The molecule has 0 bridgehead atoms. The zero-order valence-corrected chi connectivity index (χ0v) is 24.0. The Kier molecular flexibility index (Phi) is 4.89. The van der Waals surface area contributed by atoms with E-state index in [-0.39, 0.29) is 6.23 Å². The summed E-state index contributed by atoms with van der Waals surface area (Å²) in [6.07, 6.45) is 1.87. The van der Waals surface area contributed by atoms with Gasteiger partial charge in [-0.1, -0.05) is 109 Å². The van der Waals surface area contributed by atoms with E-state index in [1.54, 1.807) is 0 Å². The quantitative estimate of drug-likeness (QED) is 0.211. The molecule has 0 fully saturated rings. The van der Waals surface area contributed by atoms with E-state index in [0.717, 1.165) is 29.8 Å². The van der Waals surface area contributed by atoms with Gasteiger partial charge in [0, 0.05) is 33.3 Å². The fourth-order valence-electron chi connectivity index (χ4n) is 7.74. The summed E-state index contributed by atoms with van der Waals surface area (Å²) in [5.41, 5.74) is 10.3. The molecule has 1 aliphatic heterocycles. The molecule has 1 aromatic heterocycles. The van der Waals surface area contributed by atoms with Crippen LogP contribution >= 0.6 is 0 Å². The first-order chi connectivity index (χ1) is 21.8. The minimum absolute atomic E-state index is 0.193. The van der Waals surface area contributed by atoms with Crippen molar-refractivity contribution in [2.75, 3.05) is 5.32 Å². The molecule has 1 aliphatic carbocycles. The number of rotatable bonds is 2. The first-order valence-corrected chi connectivity index (χ1v) is 15.4. The summed E-state index contributed by atoms with van der Waals surface area (Å²) >= 11 is 0. The largest absolute Gasteiger partial charge is 0.464 e. The van der Waals surface area contributed by atoms with Gasteiger partial charge in [-0.15, -0.1) is 0 Å². The van der Waals surface area contributed by atoms with Crippen molar-refractivity contribution in [1.29, 1.82) is 0 Å². The van der Waals surface area contributed by atoms with Crippen LogP contribution in [0.2, 0.25) is 0 Å². The van der Waals surface area contributed by atoms with E-state index >= 15 is 0 Å². The second kappa shape index (κ2) is 8.98. The van der Waals surface area contributed by atoms with Crippen LogP contribution < -0.4 is 10.1 Å². The molecule has 3 nitrogen and oxygen atoms in total. The summed E-state index contributed by atoms with van der Waals surface area (Å²) < 4.78 is 8.92. The Morgan fingerprint density at radius 3 is 2.34 bits per heavy atom. The van der Waals surface area contributed by atoms with Crippen LogP contribution in [0.4, 0.5) is 5.69 Å². The SMILES string of the molecule is c1ccc(C2Nc3c(ccc4ccc5cc(-n6c7c(c8c9ccccc9ccc86)-c6ccccc6CC7)ccc5c34)O2)cc1. The van der Waals surface area contributed by atoms with Crippen molar-refractivity contribution in [2.24, 2.45) is 0 Å². The molecule has 0 saturated carbocycles. The van der Waals surface area contributed by atoms with Gasteiger partial charge in [0.25, 0.3) is 0 Å². The van der Waals surface area contributed by atoms with Gasteiger partial charge in [-0.25, -0.2) is 0 Å². The number of ether oxygens (including phenoxy) is 1. The third-order valence-corrected chi connectivity index (χ3v) is 9.70. The number of fused-ring (bicyclic) bond motifs is 12. The van der Waals surface area contributed by atoms with Crippen molar-refractivity contribution in [3.63, 3.8) is 0 Å². The first-order valence-electron chi connectivity index (χ1n) is 15.4. The molecule has 0 saturated heterocycles. The number of benzene rings is 7. The highest BCUT2D eigenvalue weighted by molar-refractivity contribution is 6.17. The average Bonchev–Trinajstić information content (AvgIpc) is 3.68. The second-order valence-electron chi connectivity index (χ2n) is 12.1.